The monoisotopic (exact) mass is 250 g/mol. The van der Waals surface area contributed by atoms with Gasteiger partial charge in [-0.3, -0.25) is 0 Å². The zero-order valence-electron chi connectivity index (χ0n) is 10.3. The van der Waals surface area contributed by atoms with E-state index >= 15 is 0 Å². The van der Waals surface area contributed by atoms with Gasteiger partial charge in [0.1, 0.15) is 17.2 Å². The molecule has 0 atom stereocenters. The number of rotatable bonds is 1. The summed E-state index contributed by atoms with van der Waals surface area (Å²) >= 11 is 0. The van der Waals surface area contributed by atoms with Gasteiger partial charge in [-0.25, -0.2) is 9.18 Å². The van der Waals surface area contributed by atoms with Crippen LogP contribution in [0.1, 0.15) is 48.0 Å². The second kappa shape index (κ2) is 3.97. The third-order valence-electron chi connectivity index (χ3n) is 3.92. The summed E-state index contributed by atoms with van der Waals surface area (Å²) in [6.45, 7) is 0. The molecule has 0 aromatic heterocycles. The van der Waals surface area contributed by atoms with Crippen molar-refractivity contribution in [1.82, 2.24) is 0 Å². The number of esters is 1. The second-order valence-electron chi connectivity index (χ2n) is 4.98. The van der Waals surface area contributed by atoms with E-state index < -0.39 is 17.4 Å². The van der Waals surface area contributed by atoms with Gasteiger partial charge in [-0.05, 0) is 31.7 Å². The van der Waals surface area contributed by atoms with Gasteiger partial charge in [0.15, 0.2) is 0 Å². The van der Waals surface area contributed by atoms with Crippen molar-refractivity contribution in [3.8, 4) is 5.75 Å². The van der Waals surface area contributed by atoms with Gasteiger partial charge >= 0.3 is 5.97 Å². The van der Waals surface area contributed by atoms with Crippen molar-refractivity contribution >= 4 is 5.97 Å². The fourth-order valence-corrected chi connectivity index (χ4v) is 3.08. The first-order valence-electron chi connectivity index (χ1n) is 6.28. The van der Waals surface area contributed by atoms with E-state index in [9.17, 15) is 9.18 Å². The van der Waals surface area contributed by atoms with Gasteiger partial charge in [-0.15, -0.1) is 0 Å². The lowest BCUT2D eigenvalue weighted by atomic mass is 9.79. The second-order valence-corrected chi connectivity index (χ2v) is 4.98. The van der Waals surface area contributed by atoms with Gasteiger partial charge in [0.05, 0.1) is 12.7 Å². The van der Waals surface area contributed by atoms with Gasteiger partial charge in [0.2, 0.25) is 0 Å². The fraction of sp³-hybridized carbons (Fsp3) is 0.500. The number of fused-ring (bicyclic) bond motifs is 2. The minimum absolute atomic E-state index is 0.328. The standard InChI is InChI=1S/C14H15FO3/c1-17-9-7-10-12(11(15)8-9)14(18-13(10)16)5-3-2-4-6-14/h7-8H,2-6H2,1H3. The summed E-state index contributed by atoms with van der Waals surface area (Å²) in [5, 5.41) is 0. The number of methoxy groups -OCH3 is 1. The van der Waals surface area contributed by atoms with E-state index in [1.54, 1.807) is 6.07 Å². The van der Waals surface area contributed by atoms with Crippen molar-refractivity contribution in [2.75, 3.05) is 7.11 Å². The Hall–Kier alpha value is -1.58. The van der Waals surface area contributed by atoms with E-state index in [0.29, 0.717) is 16.9 Å². The van der Waals surface area contributed by atoms with Crippen LogP contribution in [-0.4, -0.2) is 13.1 Å². The summed E-state index contributed by atoms with van der Waals surface area (Å²) in [5.41, 5.74) is 0.0443. The molecule has 1 aromatic carbocycles. The Balaban J connectivity index is 2.15. The third kappa shape index (κ3) is 1.51. The molecule has 1 aliphatic heterocycles. The molecule has 0 N–H and O–H groups in total. The molecule has 1 spiro atoms. The highest BCUT2D eigenvalue weighted by Crippen LogP contribution is 2.48. The molecule has 96 valence electrons. The molecule has 1 aliphatic carbocycles. The molecule has 0 amide bonds. The highest BCUT2D eigenvalue weighted by atomic mass is 19.1. The Morgan fingerprint density at radius 2 is 2.00 bits per heavy atom. The topological polar surface area (TPSA) is 35.5 Å². The molecular formula is C14H15FO3. The van der Waals surface area contributed by atoms with Crippen LogP contribution in [-0.2, 0) is 10.3 Å². The Labute approximate surface area is 105 Å². The normalized spacial score (nSPS) is 20.7. The maximum atomic E-state index is 14.2. The lowest BCUT2D eigenvalue weighted by Crippen LogP contribution is -2.29. The van der Waals surface area contributed by atoms with Crippen LogP contribution >= 0.6 is 0 Å². The molecule has 0 saturated heterocycles. The van der Waals surface area contributed by atoms with E-state index in [0.717, 1.165) is 32.1 Å². The summed E-state index contributed by atoms with van der Waals surface area (Å²) < 4.78 is 24.7. The van der Waals surface area contributed by atoms with E-state index in [-0.39, 0.29) is 0 Å². The molecule has 18 heavy (non-hydrogen) atoms. The largest absolute Gasteiger partial charge is 0.497 e. The molecule has 3 nitrogen and oxygen atoms in total. The number of hydrogen-bond donors (Lipinski definition) is 0. The predicted octanol–water partition coefficient (Wildman–Crippen LogP) is 3.16. The summed E-state index contributed by atoms with van der Waals surface area (Å²) in [6, 6.07) is 2.90. The molecule has 0 bridgehead atoms. The van der Waals surface area contributed by atoms with Crippen molar-refractivity contribution in [2.24, 2.45) is 0 Å². The van der Waals surface area contributed by atoms with Gasteiger partial charge < -0.3 is 9.47 Å². The maximum absolute atomic E-state index is 14.2. The number of hydrogen-bond acceptors (Lipinski definition) is 3. The highest BCUT2D eigenvalue weighted by Gasteiger charge is 2.48. The van der Waals surface area contributed by atoms with Crippen molar-refractivity contribution in [3.05, 3.63) is 29.1 Å². The predicted molar refractivity (Wildman–Crippen MR) is 63.1 cm³/mol. The van der Waals surface area contributed by atoms with Crippen LogP contribution in [0, 0.1) is 5.82 Å². The van der Waals surface area contributed by atoms with E-state index in [2.05, 4.69) is 0 Å². The SMILES string of the molecule is COc1cc(F)c2c(c1)C(=O)OC21CCCCC1. The minimum atomic E-state index is -0.721. The first kappa shape index (κ1) is 11.5. The van der Waals surface area contributed by atoms with Crippen LogP contribution < -0.4 is 4.74 Å². The molecule has 0 radical (unpaired) electrons. The first-order chi connectivity index (χ1) is 8.66. The van der Waals surface area contributed by atoms with Crippen LogP contribution in [0.25, 0.3) is 0 Å². The molecule has 1 aromatic rings. The molecule has 1 heterocycles. The van der Waals surface area contributed by atoms with Crippen LogP contribution in [0.5, 0.6) is 5.75 Å². The lowest BCUT2D eigenvalue weighted by Gasteiger charge is -2.32. The first-order valence-corrected chi connectivity index (χ1v) is 6.28. The van der Waals surface area contributed by atoms with Gasteiger partial charge in [0, 0.05) is 11.6 Å². The van der Waals surface area contributed by atoms with Crippen molar-refractivity contribution in [2.45, 2.75) is 37.7 Å². The molecular weight excluding hydrogens is 235 g/mol. The van der Waals surface area contributed by atoms with E-state index in [1.165, 1.54) is 13.2 Å². The molecule has 0 unspecified atom stereocenters. The molecule has 3 rings (SSSR count). The Bertz CT molecular complexity index is 504. The number of carbonyl (C=O) groups excluding carboxylic acids is 1. The average Bonchev–Trinajstić information content (AvgIpc) is 2.63. The summed E-state index contributed by atoms with van der Waals surface area (Å²) in [4.78, 5) is 11.9. The molecule has 4 heteroatoms. The van der Waals surface area contributed by atoms with Gasteiger partial charge in [-0.2, -0.15) is 0 Å². The van der Waals surface area contributed by atoms with Crippen LogP contribution in [0.3, 0.4) is 0 Å². The zero-order chi connectivity index (χ0) is 12.8. The van der Waals surface area contributed by atoms with Gasteiger partial charge in [0.25, 0.3) is 0 Å². The quantitative estimate of drug-likeness (QED) is 0.718. The van der Waals surface area contributed by atoms with Gasteiger partial charge in [-0.1, -0.05) is 6.42 Å². The number of halogens is 1. The zero-order valence-corrected chi connectivity index (χ0v) is 10.3. The molecule has 1 saturated carbocycles. The number of carbonyl (C=O) groups is 1. The van der Waals surface area contributed by atoms with E-state index in [1.807, 2.05) is 0 Å². The van der Waals surface area contributed by atoms with Crippen LogP contribution in [0.4, 0.5) is 4.39 Å². The third-order valence-corrected chi connectivity index (χ3v) is 3.92. The summed E-state index contributed by atoms with van der Waals surface area (Å²) in [6.07, 6.45) is 4.49. The van der Waals surface area contributed by atoms with Crippen LogP contribution in [0.15, 0.2) is 12.1 Å². The van der Waals surface area contributed by atoms with Crippen LogP contribution in [0.2, 0.25) is 0 Å². The Kier molecular flexibility index (Phi) is 2.54. The number of ether oxygens (including phenoxy) is 2. The van der Waals surface area contributed by atoms with Crippen molar-refractivity contribution in [1.29, 1.82) is 0 Å². The molecule has 2 aliphatic rings. The highest BCUT2D eigenvalue weighted by molar-refractivity contribution is 5.95. The Morgan fingerprint density at radius 1 is 1.28 bits per heavy atom. The fourth-order valence-electron chi connectivity index (χ4n) is 3.08. The number of benzene rings is 1. The molecule has 1 fully saturated rings. The van der Waals surface area contributed by atoms with E-state index in [4.69, 9.17) is 9.47 Å². The maximum Gasteiger partial charge on any atom is 0.339 e. The minimum Gasteiger partial charge on any atom is -0.497 e. The average molecular weight is 250 g/mol. The summed E-state index contributed by atoms with van der Waals surface area (Å²) in [5.74, 6) is -0.460. The lowest BCUT2D eigenvalue weighted by molar-refractivity contribution is -0.0294. The van der Waals surface area contributed by atoms with Crippen molar-refractivity contribution in [3.63, 3.8) is 0 Å². The smallest absolute Gasteiger partial charge is 0.339 e. The Morgan fingerprint density at radius 3 is 2.67 bits per heavy atom. The van der Waals surface area contributed by atoms with Crippen molar-refractivity contribution < 1.29 is 18.7 Å². The summed E-state index contributed by atoms with van der Waals surface area (Å²) in [7, 11) is 1.46.